The highest BCUT2D eigenvalue weighted by molar-refractivity contribution is 6.68. The molecule has 0 aromatic heterocycles. The summed E-state index contributed by atoms with van der Waals surface area (Å²) in [7, 11) is 0. The number of hydrogen-bond acceptors (Lipinski definition) is 3. The van der Waals surface area contributed by atoms with E-state index in [4.69, 9.17) is 28.2 Å². The van der Waals surface area contributed by atoms with Crippen LogP contribution in [0.5, 0.6) is 0 Å². The lowest BCUT2D eigenvalue weighted by molar-refractivity contribution is 1.44. The number of rotatable bonds is 2. The Hall–Kier alpha value is -2.65. The van der Waals surface area contributed by atoms with Crippen molar-refractivity contribution in [3.8, 4) is 0 Å². The van der Waals surface area contributed by atoms with Crippen molar-refractivity contribution in [2.75, 3.05) is 5.73 Å². The molecule has 114 valence electrons. The highest BCUT2D eigenvalue weighted by Gasteiger charge is 2.22. The van der Waals surface area contributed by atoms with Crippen LogP contribution in [0, 0.1) is 17.7 Å². The molecule has 0 atom stereocenters. The summed E-state index contributed by atoms with van der Waals surface area (Å²) < 4.78 is 0. The van der Waals surface area contributed by atoms with Crippen molar-refractivity contribution in [2.24, 2.45) is 0 Å². The quantitative estimate of drug-likeness (QED) is 0.542. The van der Waals surface area contributed by atoms with Gasteiger partial charge in [0.15, 0.2) is 0 Å². The molecule has 4 heteroatoms. The molecule has 0 spiro atoms. The summed E-state index contributed by atoms with van der Waals surface area (Å²) in [5.41, 5.74) is 11.0. The predicted molar refractivity (Wildman–Crippen MR) is 98.5 cm³/mol. The largest absolute Gasteiger partial charge is 0.398 e. The molecule has 1 aliphatic rings. The first-order valence-corrected chi connectivity index (χ1v) is 7.58. The molecule has 2 aromatic rings. The van der Waals surface area contributed by atoms with E-state index in [-0.39, 0.29) is 11.4 Å². The van der Waals surface area contributed by atoms with Gasteiger partial charge in [-0.15, -0.1) is 0 Å². The minimum absolute atomic E-state index is 0.150. The van der Waals surface area contributed by atoms with Gasteiger partial charge in [0.1, 0.15) is 0 Å². The number of nitrogens with one attached hydrogen (secondary N) is 2. The van der Waals surface area contributed by atoms with E-state index in [2.05, 4.69) is 0 Å². The monoisotopic (exact) mass is 321 g/mol. The van der Waals surface area contributed by atoms with Gasteiger partial charge in [0, 0.05) is 27.4 Å². The van der Waals surface area contributed by atoms with E-state index in [1.807, 2.05) is 43.3 Å². The molecule has 3 nitrogen and oxygen atoms in total. The summed E-state index contributed by atoms with van der Waals surface area (Å²) in [6.45, 7) is 2.02. The number of aryl methyl sites for hydroxylation is 1. The van der Waals surface area contributed by atoms with Crippen molar-refractivity contribution in [1.82, 2.24) is 0 Å². The van der Waals surface area contributed by atoms with Crippen LogP contribution in [0.4, 0.5) is 5.69 Å². The van der Waals surface area contributed by atoms with Crippen LogP contribution in [0.1, 0.15) is 16.7 Å². The number of benzene rings is 2. The van der Waals surface area contributed by atoms with E-state index in [0.29, 0.717) is 21.8 Å². The van der Waals surface area contributed by atoms with Gasteiger partial charge in [-0.05, 0) is 30.7 Å². The molecule has 0 saturated heterocycles. The fraction of sp³-hybridized carbons (Fsp3) is 0.0526. The Balaban J connectivity index is 2.08. The van der Waals surface area contributed by atoms with Crippen molar-refractivity contribution >= 4 is 39.9 Å². The third-order valence-electron chi connectivity index (χ3n) is 3.87. The maximum absolute atomic E-state index is 8.35. The second-order valence-electron chi connectivity index (χ2n) is 5.51. The fourth-order valence-electron chi connectivity index (χ4n) is 2.56. The van der Waals surface area contributed by atoms with Gasteiger partial charge in [0.25, 0.3) is 0 Å². The van der Waals surface area contributed by atoms with E-state index in [1.165, 1.54) is 0 Å². The van der Waals surface area contributed by atoms with Gasteiger partial charge in [0.2, 0.25) is 0 Å². The summed E-state index contributed by atoms with van der Waals surface area (Å²) in [4.78, 5) is 0. The van der Waals surface area contributed by atoms with Crippen molar-refractivity contribution in [3.63, 3.8) is 0 Å². The molecule has 0 fully saturated rings. The van der Waals surface area contributed by atoms with Crippen LogP contribution in [-0.2, 0) is 0 Å². The summed E-state index contributed by atoms with van der Waals surface area (Å²) in [6.07, 6.45) is 3.69. The first-order chi connectivity index (χ1) is 11.0. The van der Waals surface area contributed by atoms with Gasteiger partial charge in [-0.1, -0.05) is 53.6 Å². The van der Waals surface area contributed by atoms with Crippen molar-refractivity contribution < 1.29 is 0 Å². The molecule has 1 aliphatic carbocycles. The molecule has 0 unspecified atom stereocenters. The lowest BCUT2D eigenvalue weighted by Gasteiger charge is -2.19. The zero-order chi connectivity index (χ0) is 16.6. The van der Waals surface area contributed by atoms with Crippen LogP contribution in [0.15, 0.2) is 54.6 Å². The predicted octanol–water partition coefficient (Wildman–Crippen LogP) is 4.75. The Bertz CT molecular complexity index is 874. The van der Waals surface area contributed by atoms with Gasteiger partial charge in [-0.3, -0.25) is 10.8 Å². The molecule has 23 heavy (non-hydrogen) atoms. The van der Waals surface area contributed by atoms with Crippen LogP contribution in [0.2, 0.25) is 5.02 Å². The van der Waals surface area contributed by atoms with E-state index >= 15 is 0 Å². The highest BCUT2D eigenvalue weighted by Crippen LogP contribution is 2.31. The van der Waals surface area contributed by atoms with Crippen LogP contribution in [-0.4, -0.2) is 11.4 Å². The number of halogens is 1. The topological polar surface area (TPSA) is 73.7 Å². The average Bonchev–Trinajstić information content (AvgIpc) is 2.54. The summed E-state index contributed by atoms with van der Waals surface area (Å²) >= 11 is 6.04. The molecule has 0 saturated carbocycles. The first-order valence-electron chi connectivity index (χ1n) is 7.20. The van der Waals surface area contributed by atoms with Crippen LogP contribution in [0.3, 0.4) is 0 Å². The Morgan fingerprint density at radius 2 is 1.48 bits per heavy atom. The molecular weight excluding hydrogens is 306 g/mol. The van der Waals surface area contributed by atoms with Gasteiger partial charge in [-0.2, -0.15) is 0 Å². The van der Waals surface area contributed by atoms with E-state index in [9.17, 15) is 0 Å². The fourth-order valence-corrected chi connectivity index (χ4v) is 2.73. The molecule has 0 amide bonds. The Morgan fingerprint density at radius 1 is 0.870 bits per heavy atom. The number of nitrogen functional groups attached to an aromatic ring is 1. The minimum atomic E-state index is 0.150. The van der Waals surface area contributed by atoms with Crippen LogP contribution in [0.25, 0.3) is 11.1 Å². The van der Waals surface area contributed by atoms with Gasteiger partial charge >= 0.3 is 0 Å². The average molecular weight is 322 g/mol. The van der Waals surface area contributed by atoms with Gasteiger partial charge in [0.05, 0.1) is 11.4 Å². The van der Waals surface area contributed by atoms with Crippen molar-refractivity contribution in [2.45, 2.75) is 6.92 Å². The molecule has 4 N–H and O–H groups in total. The molecule has 2 aromatic carbocycles. The normalized spacial score (nSPS) is 14.5. The van der Waals surface area contributed by atoms with E-state index < -0.39 is 0 Å². The molecular formula is C19H16ClN3. The lowest BCUT2D eigenvalue weighted by atomic mass is 9.86. The van der Waals surface area contributed by atoms with Crippen LogP contribution < -0.4 is 5.73 Å². The number of allylic oxidation sites excluding steroid dienone is 4. The maximum Gasteiger partial charge on any atom is 0.0874 e. The molecule has 0 radical (unpaired) electrons. The summed E-state index contributed by atoms with van der Waals surface area (Å²) in [5.74, 6) is 0. The zero-order valence-electron chi connectivity index (χ0n) is 12.7. The summed E-state index contributed by atoms with van der Waals surface area (Å²) in [5, 5.41) is 17.2. The lowest BCUT2D eigenvalue weighted by Crippen LogP contribution is -2.19. The molecule has 0 aliphatic heterocycles. The molecule has 3 rings (SSSR count). The third-order valence-corrected chi connectivity index (χ3v) is 4.11. The van der Waals surface area contributed by atoms with Crippen LogP contribution >= 0.6 is 11.6 Å². The number of anilines is 1. The minimum Gasteiger partial charge on any atom is -0.398 e. The van der Waals surface area contributed by atoms with E-state index in [1.54, 1.807) is 18.2 Å². The standard InChI is InChI=1S/C19H16ClN3/c1-11-2-4-12(5-3-11)14-7-8-15(19(23)18(14)22)16-10-13(20)6-9-17(16)21/h2-10,22-23H,21H2,1H3. The summed E-state index contributed by atoms with van der Waals surface area (Å²) in [6, 6.07) is 13.1. The van der Waals surface area contributed by atoms with E-state index in [0.717, 1.165) is 16.7 Å². The SMILES string of the molecule is Cc1ccc(C2=CC=C(c3cc(Cl)ccc3N)C(=N)C2=N)cc1. The first kappa shape index (κ1) is 15.3. The smallest absolute Gasteiger partial charge is 0.0874 e. The Kier molecular flexibility index (Phi) is 3.89. The Morgan fingerprint density at radius 3 is 2.17 bits per heavy atom. The number of nitrogens with two attached hydrogens (primary N) is 1. The molecule has 0 heterocycles. The third kappa shape index (κ3) is 2.83. The highest BCUT2D eigenvalue weighted by atomic mass is 35.5. The molecule has 0 bridgehead atoms. The van der Waals surface area contributed by atoms with Crippen molar-refractivity contribution in [1.29, 1.82) is 10.8 Å². The van der Waals surface area contributed by atoms with Crippen molar-refractivity contribution in [3.05, 3.63) is 76.3 Å². The van der Waals surface area contributed by atoms with Gasteiger partial charge in [-0.25, -0.2) is 0 Å². The van der Waals surface area contributed by atoms with Gasteiger partial charge < -0.3 is 5.73 Å². The second kappa shape index (κ2) is 5.86. The Labute approximate surface area is 140 Å². The second-order valence-corrected chi connectivity index (χ2v) is 5.94. The zero-order valence-corrected chi connectivity index (χ0v) is 13.4. The maximum atomic E-state index is 8.35. The number of hydrogen-bond donors (Lipinski definition) is 3.